The van der Waals surface area contributed by atoms with Gasteiger partial charge in [0.1, 0.15) is 29.6 Å². The van der Waals surface area contributed by atoms with E-state index >= 15 is 0 Å². The maximum atomic E-state index is 12.0. The highest BCUT2D eigenvalue weighted by Crippen LogP contribution is 2.28. The van der Waals surface area contributed by atoms with Crippen LogP contribution in [0.4, 0.5) is 0 Å². The molecule has 0 amide bonds. The number of allylic oxidation sites excluding steroid dienone is 1. The smallest absolute Gasteiger partial charge is 0.203 e. The molecule has 0 bridgehead atoms. The number of nitrogens with zero attached hydrogens (tertiary/aromatic N) is 2. The second-order valence-corrected chi connectivity index (χ2v) is 6.53. The third kappa shape index (κ3) is 4.41. The first-order valence-corrected chi connectivity index (χ1v) is 8.57. The molecule has 0 fully saturated rings. The average molecular weight is 422 g/mol. The number of furan rings is 1. The van der Waals surface area contributed by atoms with Gasteiger partial charge in [-0.25, -0.2) is 0 Å². The highest BCUT2D eigenvalue weighted by atomic mass is 79.9. The van der Waals surface area contributed by atoms with E-state index in [4.69, 9.17) is 20.8 Å². The van der Waals surface area contributed by atoms with E-state index in [9.17, 15) is 4.79 Å². The van der Waals surface area contributed by atoms with Crippen molar-refractivity contribution in [3.05, 3.63) is 75.4 Å². The van der Waals surface area contributed by atoms with Crippen molar-refractivity contribution in [2.24, 2.45) is 7.05 Å². The number of halogens is 2. The number of hydrogen-bond acceptors (Lipinski definition) is 4. The Hall–Kier alpha value is -2.31. The molecule has 0 aliphatic rings. The number of aryl methyl sites for hydroxylation is 1. The maximum Gasteiger partial charge on any atom is 0.203 e. The summed E-state index contributed by atoms with van der Waals surface area (Å²) in [6.45, 7) is 0.241. The number of rotatable bonds is 6. The Labute approximate surface area is 158 Å². The zero-order chi connectivity index (χ0) is 17.8. The molecule has 0 unspecified atom stereocenters. The minimum absolute atomic E-state index is 0.143. The summed E-state index contributed by atoms with van der Waals surface area (Å²) in [7, 11) is 1.72. The predicted molar refractivity (Wildman–Crippen MR) is 98.8 cm³/mol. The highest BCUT2D eigenvalue weighted by Gasteiger charge is 2.08. The zero-order valence-corrected chi connectivity index (χ0v) is 15.6. The molecule has 0 saturated heterocycles. The average Bonchev–Trinajstić information content (AvgIpc) is 3.21. The summed E-state index contributed by atoms with van der Waals surface area (Å²) < 4.78 is 13.7. The summed E-state index contributed by atoms with van der Waals surface area (Å²) in [5, 5.41) is 4.49. The fourth-order valence-corrected chi connectivity index (χ4v) is 2.89. The predicted octanol–water partition coefficient (Wildman–Crippen LogP) is 4.90. The Morgan fingerprint density at radius 1 is 1.36 bits per heavy atom. The van der Waals surface area contributed by atoms with Gasteiger partial charge in [0, 0.05) is 17.7 Å². The van der Waals surface area contributed by atoms with Crippen molar-refractivity contribution >= 4 is 39.4 Å². The second kappa shape index (κ2) is 7.72. The first-order valence-electron chi connectivity index (χ1n) is 7.40. The van der Waals surface area contributed by atoms with Gasteiger partial charge in [-0.2, -0.15) is 5.10 Å². The summed E-state index contributed by atoms with van der Waals surface area (Å²) in [6.07, 6.45) is 4.65. The van der Waals surface area contributed by atoms with Crippen LogP contribution in [0, 0.1) is 0 Å². The Bertz CT molecular complexity index is 930. The Morgan fingerprint density at radius 3 is 2.92 bits per heavy atom. The second-order valence-electron chi connectivity index (χ2n) is 5.21. The van der Waals surface area contributed by atoms with Crippen molar-refractivity contribution < 1.29 is 13.9 Å². The number of ether oxygens (including phenoxy) is 1. The van der Waals surface area contributed by atoms with Crippen molar-refractivity contribution in [2.75, 3.05) is 0 Å². The molecular weight excluding hydrogens is 408 g/mol. The van der Waals surface area contributed by atoms with Crippen LogP contribution in [-0.4, -0.2) is 15.6 Å². The lowest BCUT2D eigenvalue weighted by Crippen LogP contribution is -2.03. The molecule has 0 atom stereocenters. The van der Waals surface area contributed by atoms with Gasteiger partial charge in [0.05, 0.1) is 5.02 Å². The van der Waals surface area contributed by atoms with Gasteiger partial charge in [-0.1, -0.05) is 27.5 Å². The summed E-state index contributed by atoms with van der Waals surface area (Å²) in [4.78, 5) is 12.0. The number of ketones is 1. The van der Waals surface area contributed by atoms with Crippen molar-refractivity contribution in [2.45, 2.75) is 6.61 Å². The van der Waals surface area contributed by atoms with Crippen LogP contribution in [0.3, 0.4) is 0 Å². The normalized spacial score (nSPS) is 11.2. The Kier molecular flexibility index (Phi) is 5.40. The zero-order valence-electron chi connectivity index (χ0n) is 13.3. The van der Waals surface area contributed by atoms with E-state index in [0.29, 0.717) is 28.0 Å². The van der Waals surface area contributed by atoms with Gasteiger partial charge in [0.2, 0.25) is 5.78 Å². The number of benzene rings is 1. The highest BCUT2D eigenvalue weighted by molar-refractivity contribution is 9.10. The molecule has 25 heavy (non-hydrogen) atoms. The lowest BCUT2D eigenvalue weighted by Gasteiger charge is -2.06. The number of aromatic nitrogens is 2. The van der Waals surface area contributed by atoms with E-state index in [0.717, 1.165) is 4.47 Å². The Morgan fingerprint density at radius 2 is 2.20 bits per heavy atom. The van der Waals surface area contributed by atoms with Crippen molar-refractivity contribution in [1.29, 1.82) is 0 Å². The summed E-state index contributed by atoms with van der Waals surface area (Å²) in [5.74, 6) is 1.63. The van der Waals surface area contributed by atoms with Crippen molar-refractivity contribution in [3.8, 4) is 5.75 Å². The molecule has 3 aromatic rings. The van der Waals surface area contributed by atoms with E-state index in [1.54, 1.807) is 49.7 Å². The van der Waals surface area contributed by atoms with Gasteiger partial charge < -0.3 is 9.15 Å². The van der Waals surface area contributed by atoms with Gasteiger partial charge in [0.15, 0.2) is 0 Å². The number of hydrogen-bond donors (Lipinski definition) is 0. The van der Waals surface area contributed by atoms with Crippen LogP contribution in [0.1, 0.15) is 22.0 Å². The van der Waals surface area contributed by atoms with E-state index < -0.39 is 0 Å². The summed E-state index contributed by atoms with van der Waals surface area (Å²) in [5.41, 5.74) is 0.510. The summed E-state index contributed by atoms with van der Waals surface area (Å²) in [6, 6.07) is 10.6. The maximum absolute atomic E-state index is 12.0. The van der Waals surface area contributed by atoms with Gasteiger partial charge >= 0.3 is 0 Å². The molecule has 1 aromatic carbocycles. The first-order chi connectivity index (χ1) is 12.0. The van der Waals surface area contributed by atoms with Crippen LogP contribution in [0.5, 0.6) is 5.75 Å². The van der Waals surface area contributed by atoms with E-state index in [-0.39, 0.29) is 12.4 Å². The number of carbonyl (C=O) groups excluding carboxylic acids is 1. The standard InChI is InChI=1S/C18H14BrClN2O3/c1-22-16(8-9-21-22)17(23)6-5-13-3-4-14(25-13)11-24-18-7-2-12(19)10-15(18)20/h2-10H,11H2,1H3/b6-5+. The molecular formula is C18H14BrClN2O3. The van der Waals surface area contributed by atoms with Gasteiger partial charge in [-0.15, -0.1) is 0 Å². The van der Waals surface area contributed by atoms with Crippen LogP contribution < -0.4 is 4.74 Å². The minimum Gasteiger partial charge on any atom is -0.484 e. The van der Waals surface area contributed by atoms with Crippen molar-refractivity contribution in [1.82, 2.24) is 9.78 Å². The molecule has 7 heteroatoms. The fraction of sp³-hybridized carbons (Fsp3) is 0.111. The van der Waals surface area contributed by atoms with Crippen LogP contribution >= 0.6 is 27.5 Å². The van der Waals surface area contributed by atoms with Crippen LogP contribution in [0.15, 0.2) is 57.6 Å². The third-order valence-corrected chi connectivity index (χ3v) is 4.21. The molecule has 0 radical (unpaired) electrons. The largest absolute Gasteiger partial charge is 0.484 e. The SMILES string of the molecule is Cn1nccc1C(=O)/C=C/c1ccc(COc2ccc(Br)cc2Cl)o1. The van der Waals surface area contributed by atoms with Crippen molar-refractivity contribution in [3.63, 3.8) is 0 Å². The molecule has 0 aliphatic heterocycles. The topological polar surface area (TPSA) is 57.3 Å². The van der Waals surface area contributed by atoms with Crippen LogP contribution in [0.2, 0.25) is 5.02 Å². The molecule has 128 valence electrons. The Balaban J connectivity index is 1.61. The monoisotopic (exact) mass is 420 g/mol. The van der Waals surface area contributed by atoms with Gasteiger partial charge in [0.25, 0.3) is 0 Å². The molecule has 2 heterocycles. The lowest BCUT2D eigenvalue weighted by atomic mass is 10.2. The van der Waals surface area contributed by atoms with Crippen LogP contribution in [0.25, 0.3) is 6.08 Å². The molecule has 0 aliphatic carbocycles. The lowest BCUT2D eigenvalue weighted by molar-refractivity contribution is 0.103. The number of carbonyl (C=O) groups is 1. The molecule has 0 saturated carbocycles. The third-order valence-electron chi connectivity index (χ3n) is 3.42. The van der Waals surface area contributed by atoms with Crippen LogP contribution in [-0.2, 0) is 13.7 Å². The minimum atomic E-state index is -0.143. The quantitative estimate of drug-likeness (QED) is 0.419. The molecule has 2 aromatic heterocycles. The molecule has 0 spiro atoms. The summed E-state index contributed by atoms with van der Waals surface area (Å²) >= 11 is 9.45. The first kappa shape index (κ1) is 17.5. The molecule has 3 rings (SSSR count). The van der Waals surface area contributed by atoms with Gasteiger partial charge in [-0.05, 0) is 48.6 Å². The van der Waals surface area contributed by atoms with Gasteiger partial charge in [-0.3, -0.25) is 9.48 Å². The fourth-order valence-electron chi connectivity index (χ4n) is 2.16. The molecule has 5 nitrogen and oxygen atoms in total. The van der Waals surface area contributed by atoms with E-state index in [2.05, 4.69) is 21.0 Å². The van der Waals surface area contributed by atoms with E-state index in [1.807, 2.05) is 6.07 Å². The molecule has 0 N–H and O–H groups in total. The van der Waals surface area contributed by atoms with E-state index in [1.165, 1.54) is 10.8 Å².